The summed E-state index contributed by atoms with van der Waals surface area (Å²) in [5.74, 6) is -0.530. The number of benzene rings is 2. The molecule has 2 aromatic carbocycles. The van der Waals surface area contributed by atoms with Crippen LogP contribution in [-0.2, 0) is 16.1 Å². The van der Waals surface area contributed by atoms with E-state index < -0.39 is 18.0 Å². The monoisotopic (exact) mass is 489 g/mol. The number of rotatable bonds is 7. The van der Waals surface area contributed by atoms with Crippen LogP contribution < -0.4 is 10.2 Å². The molecule has 35 heavy (non-hydrogen) atoms. The Bertz CT molecular complexity index is 1310. The van der Waals surface area contributed by atoms with Crippen molar-refractivity contribution in [1.82, 2.24) is 15.1 Å². The molecule has 1 N–H and O–H groups in total. The van der Waals surface area contributed by atoms with Gasteiger partial charge in [-0.15, -0.1) is 0 Å². The highest BCUT2D eigenvalue weighted by atomic mass is 35.5. The Morgan fingerprint density at radius 2 is 1.91 bits per heavy atom. The molecule has 1 atom stereocenters. The molecule has 1 unspecified atom stereocenters. The van der Waals surface area contributed by atoms with E-state index in [1.54, 1.807) is 49.0 Å². The van der Waals surface area contributed by atoms with E-state index in [1.807, 2.05) is 30.3 Å². The number of halogens is 1. The summed E-state index contributed by atoms with van der Waals surface area (Å²) in [6.45, 7) is 4.01. The molecule has 0 bridgehead atoms. The Kier molecular flexibility index (Phi) is 7.18. The van der Waals surface area contributed by atoms with Crippen molar-refractivity contribution in [3.05, 3.63) is 82.7 Å². The van der Waals surface area contributed by atoms with Crippen LogP contribution in [0.3, 0.4) is 0 Å². The van der Waals surface area contributed by atoms with E-state index in [2.05, 4.69) is 16.5 Å². The van der Waals surface area contributed by atoms with Crippen LogP contribution in [0.25, 0.3) is 11.3 Å². The summed E-state index contributed by atoms with van der Waals surface area (Å²) in [6.07, 6.45) is 2.05. The van der Waals surface area contributed by atoms with E-state index in [1.165, 1.54) is 4.90 Å². The molecule has 3 aromatic rings. The lowest BCUT2D eigenvalue weighted by atomic mass is 9.93. The fourth-order valence-electron chi connectivity index (χ4n) is 4.10. The van der Waals surface area contributed by atoms with Crippen molar-refractivity contribution in [3.63, 3.8) is 0 Å². The van der Waals surface area contributed by atoms with Crippen LogP contribution in [0.2, 0.25) is 5.02 Å². The average Bonchev–Trinajstić information content (AvgIpc) is 3.28. The minimum Gasteiger partial charge on any atom is -0.463 e. The first-order chi connectivity index (χ1) is 16.9. The van der Waals surface area contributed by atoms with E-state index in [0.29, 0.717) is 39.8 Å². The zero-order valence-electron chi connectivity index (χ0n) is 19.4. The van der Waals surface area contributed by atoms with Crippen molar-refractivity contribution >= 4 is 29.3 Å². The number of nitrogens with zero attached hydrogens (tertiary/aromatic N) is 4. The summed E-state index contributed by atoms with van der Waals surface area (Å²) >= 11 is 6.03. The molecular formula is C26H24ClN5O3. The van der Waals surface area contributed by atoms with Gasteiger partial charge in [0.2, 0.25) is 0 Å². The van der Waals surface area contributed by atoms with Gasteiger partial charge in [-0.1, -0.05) is 41.9 Å². The Hall–Kier alpha value is -4.09. The summed E-state index contributed by atoms with van der Waals surface area (Å²) < 4.78 is 7.06. The topological polar surface area (TPSA) is 100 Å². The first kappa shape index (κ1) is 24.0. The van der Waals surface area contributed by atoms with E-state index >= 15 is 0 Å². The summed E-state index contributed by atoms with van der Waals surface area (Å²) in [6, 6.07) is 17.2. The van der Waals surface area contributed by atoms with Gasteiger partial charge in [-0.3, -0.25) is 9.58 Å². The molecule has 178 valence electrons. The van der Waals surface area contributed by atoms with Crippen LogP contribution in [0.4, 0.5) is 10.5 Å². The summed E-state index contributed by atoms with van der Waals surface area (Å²) in [5.41, 5.74) is 3.40. The Morgan fingerprint density at radius 3 is 2.57 bits per heavy atom. The summed E-state index contributed by atoms with van der Waals surface area (Å²) in [5, 5.41) is 17.2. The quantitative estimate of drug-likeness (QED) is 0.458. The van der Waals surface area contributed by atoms with Crippen molar-refractivity contribution < 1.29 is 14.3 Å². The Morgan fingerprint density at radius 1 is 1.20 bits per heavy atom. The van der Waals surface area contributed by atoms with Crippen molar-refractivity contribution in [2.24, 2.45) is 0 Å². The van der Waals surface area contributed by atoms with Gasteiger partial charge in [0, 0.05) is 28.0 Å². The van der Waals surface area contributed by atoms with E-state index in [9.17, 15) is 9.59 Å². The van der Waals surface area contributed by atoms with Gasteiger partial charge in [-0.05, 0) is 38.1 Å². The first-order valence-electron chi connectivity index (χ1n) is 11.2. The van der Waals surface area contributed by atoms with Gasteiger partial charge in [0.25, 0.3) is 0 Å². The number of aryl methyl sites for hydroxylation is 1. The maximum atomic E-state index is 13.4. The number of allylic oxidation sites excluding steroid dienone is 1. The van der Waals surface area contributed by atoms with Crippen molar-refractivity contribution in [1.29, 1.82) is 5.26 Å². The zero-order valence-corrected chi connectivity index (χ0v) is 20.1. The van der Waals surface area contributed by atoms with Crippen LogP contribution in [0, 0.1) is 11.3 Å². The molecule has 0 spiro atoms. The molecule has 1 aromatic heterocycles. The zero-order chi connectivity index (χ0) is 24.9. The molecule has 4 rings (SSSR count). The molecular weight excluding hydrogens is 466 g/mol. The van der Waals surface area contributed by atoms with Gasteiger partial charge in [0.05, 0.1) is 48.6 Å². The number of ether oxygens (including phenoxy) is 1. The lowest BCUT2D eigenvalue weighted by Gasteiger charge is -2.35. The minimum atomic E-state index is -0.795. The van der Waals surface area contributed by atoms with Crippen LogP contribution in [0.15, 0.2) is 72.1 Å². The molecule has 8 nitrogen and oxygen atoms in total. The number of hydrogen-bond donors (Lipinski definition) is 1. The van der Waals surface area contributed by atoms with Gasteiger partial charge in [0.1, 0.15) is 0 Å². The average molecular weight is 490 g/mol. The van der Waals surface area contributed by atoms with Crippen LogP contribution in [0.1, 0.15) is 31.9 Å². The molecule has 0 fully saturated rings. The summed E-state index contributed by atoms with van der Waals surface area (Å²) in [7, 11) is 0. The predicted molar refractivity (Wildman–Crippen MR) is 132 cm³/mol. The summed E-state index contributed by atoms with van der Waals surface area (Å²) in [4.78, 5) is 28.0. The maximum Gasteiger partial charge on any atom is 0.338 e. The molecule has 2 amide bonds. The fourth-order valence-corrected chi connectivity index (χ4v) is 4.22. The first-order valence-corrected chi connectivity index (χ1v) is 11.6. The number of anilines is 1. The van der Waals surface area contributed by atoms with Crippen LogP contribution in [-0.4, -0.2) is 28.4 Å². The third kappa shape index (κ3) is 4.91. The number of esters is 1. The fraction of sp³-hybridized carbons (Fsp3) is 0.231. The highest BCUT2D eigenvalue weighted by Gasteiger charge is 2.39. The second-order valence-corrected chi connectivity index (χ2v) is 8.32. The Labute approximate surface area is 208 Å². The predicted octanol–water partition coefficient (Wildman–Crippen LogP) is 5.23. The number of carbonyl (C=O) groups is 2. The van der Waals surface area contributed by atoms with Gasteiger partial charge >= 0.3 is 12.0 Å². The molecule has 0 radical (unpaired) electrons. The number of aromatic nitrogens is 2. The highest BCUT2D eigenvalue weighted by molar-refractivity contribution is 6.30. The van der Waals surface area contributed by atoms with E-state index in [-0.39, 0.29) is 13.0 Å². The molecule has 9 heteroatoms. The van der Waals surface area contributed by atoms with Crippen molar-refractivity contribution in [2.75, 3.05) is 11.5 Å². The van der Waals surface area contributed by atoms with Gasteiger partial charge in [-0.25, -0.2) is 9.59 Å². The molecule has 1 aliphatic heterocycles. The van der Waals surface area contributed by atoms with E-state index in [0.717, 1.165) is 5.56 Å². The SMILES string of the molecule is CCOC(=O)C1=C(C)N(c2ccc(Cl)cc2)C(=O)NC1c1cn(CCC#N)nc1-c1ccccc1. The molecule has 0 saturated heterocycles. The maximum absolute atomic E-state index is 13.4. The third-order valence-electron chi connectivity index (χ3n) is 5.67. The molecule has 1 aliphatic rings. The van der Waals surface area contributed by atoms with Crippen molar-refractivity contribution in [2.45, 2.75) is 32.9 Å². The molecule has 0 aliphatic carbocycles. The van der Waals surface area contributed by atoms with Crippen molar-refractivity contribution in [3.8, 4) is 17.3 Å². The number of hydrogen-bond acceptors (Lipinski definition) is 5. The number of nitriles is 1. The highest BCUT2D eigenvalue weighted by Crippen LogP contribution is 2.38. The number of urea groups is 1. The number of amides is 2. The standard InChI is InChI=1S/C26H24ClN5O3/c1-3-35-25(33)22-17(2)32(20-12-10-19(27)11-13-20)26(34)29-24(22)21-16-31(15-7-14-28)30-23(21)18-8-5-4-6-9-18/h4-6,8-13,16,24H,3,7,15H2,1-2H3,(H,29,34). The van der Waals surface area contributed by atoms with Gasteiger partial charge in [0.15, 0.2) is 0 Å². The third-order valence-corrected chi connectivity index (χ3v) is 5.92. The van der Waals surface area contributed by atoms with Crippen LogP contribution >= 0.6 is 11.6 Å². The minimum absolute atomic E-state index is 0.185. The van der Waals surface area contributed by atoms with E-state index in [4.69, 9.17) is 21.6 Å². The second kappa shape index (κ2) is 10.5. The normalized spacial score (nSPS) is 15.5. The lowest BCUT2D eigenvalue weighted by molar-refractivity contribution is -0.139. The molecule has 0 saturated carbocycles. The van der Waals surface area contributed by atoms with Gasteiger partial charge in [-0.2, -0.15) is 10.4 Å². The Balaban J connectivity index is 1.88. The molecule has 2 heterocycles. The second-order valence-electron chi connectivity index (χ2n) is 7.88. The smallest absolute Gasteiger partial charge is 0.338 e. The largest absolute Gasteiger partial charge is 0.463 e. The number of carbonyl (C=O) groups excluding carboxylic acids is 2. The van der Waals surface area contributed by atoms with Gasteiger partial charge < -0.3 is 10.1 Å². The van der Waals surface area contributed by atoms with Crippen LogP contribution in [0.5, 0.6) is 0 Å². The lowest BCUT2D eigenvalue weighted by Crippen LogP contribution is -2.48. The number of nitrogens with one attached hydrogen (secondary N) is 1.